The lowest BCUT2D eigenvalue weighted by molar-refractivity contribution is -0.132. The quantitative estimate of drug-likeness (QED) is 0.538. The minimum absolute atomic E-state index is 0. The third-order valence-corrected chi connectivity index (χ3v) is 3.04. The summed E-state index contributed by atoms with van der Waals surface area (Å²) in [6.07, 6.45) is 2.15. The molecule has 2 unspecified atom stereocenters. The van der Waals surface area contributed by atoms with Crippen molar-refractivity contribution in [1.82, 2.24) is 4.90 Å². The van der Waals surface area contributed by atoms with Gasteiger partial charge in [0, 0.05) is 13.1 Å². The third kappa shape index (κ3) is 2.14. The van der Waals surface area contributed by atoms with Crippen LogP contribution < -0.4 is 0 Å². The predicted molar refractivity (Wildman–Crippen MR) is 56.7 cm³/mol. The molecule has 15 heavy (non-hydrogen) atoms. The average Bonchev–Trinajstić information content (AvgIpc) is 2.43. The maximum Gasteiger partial charge on any atom is 0.346 e. The first-order valence-corrected chi connectivity index (χ1v) is 4.81. The molecule has 5 heteroatoms. The van der Waals surface area contributed by atoms with Crippen LogP contribution in [0.2, 0.25) is 0 Å². The molecule has 0 aromatic rings. The van der Waals surface area contributed by atoms with Crippen LogP contribution in [0.4, 0.5) is 0 Å². The van der Waals surface area contributed by atoms with Crippen LogP contribution in [0, 0.1) is 17.2 Å². The maximum atomic E-state index is 10.8. The van der Waals surface area contributed by atoms with Crippen molar-refractivity contribution >= 4 is 18.4 Å². The SMILES string of the molecule is Cl.N#CC(C(=O)O)=C1CN2CCCC1C2. The lowest BCUT2D eigenvalue weighted by Crippen LogP contribution is -2.25. The van der Waals surface area contributed by atoms with Gasteiger partial charge in [-0.15, -0.1) is 12.4 Å². The summed E-state index contributed by atoms with van der Waals surface area (Å²) < 4.78 is 0. The minimum Gasteiger partial charge on any atom is -0.477 e. The van der Waals surface area contributed by atoms with E-state index in [1.165, 1.54) is 0 Å². The van der Waals surface area contributed by atoms with Gasteiger partial charge in [0.15, 0.2) is 0 Å². The summed E-state index contributed by atoms with van der Waals surface area (Å²) in [5.74, 6) is -0.759. The highest BCUT2D eigenvalue weighted by Crippen LogP contribution is 2.33. The van der Waals surface area contributed by atoms with E-state index >= 15 is 0 Å². The Kier molecular flexibility index (Phi) is 3.72. The van der Waals surface area contributed by atoms with E-state index in [-0.39, 0.29) is 18.0 Å². The van der Waals surface area contributed by atoms with Crippen molar-refractivity contribution in [3.05, 3.63) is 11.1 Å². The van der Waals surface area contributed by atoms with Crippen molar-refractivity contribution in [2.75, 3.05) is 19.6 Å². The molecule has 0 saturated carbocycles. The summed E-state index contributed by atoms with van der Waals surface area (Å²) in [6.45, 7) is 2.66. The minimum atomic E-state index is -1.07. The van der Waals surface area contributed by atoms with Crippen molar-refractivity contribution in [2.45, 2.75) is 12.8 Å². The van der Waals surface area contributed by atoms with Gasteiger partial charge in [-0.2, -0.15) is 5.26 Å². The Hall–Kier alpha value is -1.05. The third-order valence-electron chi connectivity index (χ3n) is 3.04. The number of piperidine rings is 1. The molecule has 2 atom stereocenters. The van der Waals surface area contributed by atoms with E-state index in [0.29, 0.717) is 12.5 Å². The molecule has 0 aromatic carbocycles. The molecule has 0 spiro atoms. The molecule has 0 amide bonds. The van der Waals surface area contributed by atoms with Crippen LogP contribution in [0.5, 0.6) is 0 Å². The van der Waals surface area contributed by atoms with Crippen LogP contribution in [0.1, 0.15) is 12.8 Å². The van der Waals surface area contributed by atoms with Crippen LogP contribution in [0.25, 0.3) is 0 Å². The van der Waals surface area contributed by atoms with Gasteiger partial charge < -0.3 is 5.11 Å². The Morgan fingerprint density at radius 2 is 2.33 bits per heavy atom. The smallest absolute Gasteiger partial charge is 0.346 e. The number of nitriles is 1. The molecule has 2 rings (SSSR count). The number of fused-ring (bicyclic) bond motifs is 2. The second-order valence-corrected chi connectivity index (χ2v) is 3.89. The number of nitrogens with zero attached hydrogens (tertiary/aromatic N) is 2. The zero-order valence-corrected chi connectivity index (χ0v) is 9.09. The van der Waals surface area contributed by atoms with Crippen molar-refractivity contribution in [1.29, 1.82) is 5.26 Å². The monoisotopic (exact) mass is 228 g/mol. The Labute approximate surface area is 94.6 Å². The molecular formula is C10H13ClN2O2. The van der Waals surface area contributed by atoms with E-state index in [0.717, 1.165) is 31.5 Å². The number of carbonyl (C=O) groups is 1. The first kappa shape index (κ1) is 12.0. The molecule has 2 fully saturated rings. The fourth-order valence-corrected chi connectivity index (χ4v) is 2.39. The second-order valence-electron chi connectivity index (χ2n) is 3.89. The van der Waals surface area contributed by atoms with Gasteiger partial charge in [0.2, 0.25) is 0 Å². The van der Waals surface area contributed by atoms with Gasteiger partial charge in [-0.05, 0) is 30.9 Å². The standard InChI is InChI=1S/C10H12N2O2.ClH/c11-4-8(10(13)14)9-6-12-3-1-2-7(9)5-12;/h7H,1-3,5-6H2,(H,13,14);1H. The Balaban J connectivity index is 0.00000112. The number of hydrogen-bond acceptors (Lipinski definition) is 3. The van der Waals surface area contributed by atoms with Crippen molar-refractivity contribution in [3.8, 4) is 6.07 Å². The highest BCUT2D eigenvalue weighted by Gasteiger charge is 2.34. The number of aliphatic carboxylic acids is 1. The fraction of sp³-hybridized carbons (Fsp3) is 0.600. The maximum absolute atomic E-state index is 10.8. The molecule has 2 aliphatic rings. The Bertz CT molecular complexity index is 346. The van der Waals surface area contributed by atoms with Crippen LogP contribution in [-0.4, -0.2) is 35.6 Å². The Morgan fingerprint density at radius 3 is 2.87 bits per heavy atom. The van der Waals surface area contributed by atoms with Crippen molar-refractivity contribution < 1.29 is 9.90 Å². The summed E-state index contributed by atoms with van der Waals surface area (Å²) >= 11 is 0. The number of rotatable bonds is 1. The molecule has 4 nitrogen and oxygen atoms in total. The van der Waals surface area contributed by atoms with Crippen molar-refractivity contribution in [2.24, 2.45) is 5.92 Å². The second kappa shape index (κ2) is 4.65. The molecule has 0 aliphatic carbocycles. The lowest BCUT2D eigenvalue weighted by Gasteiger charge is -2.20. The van der Waals surface area contributed by atoms with Crippen LogP contribution in [0.3, 0.4) is 0 Å². The van der Waals surface area contributed by atoms with E-state index in [1.807, 2.05) is 6.07 Å². The topological polar surface area (TPSA) is 64.3 Å². The largest absolute Gasteiger partial charge is 0.477 e. The first-order chi connectivity index (χ1) is 6.72. The molecule has 0 aromatic heterocycles. The van der Waals surface area contributed by atoms with E-state index in [4.69, 9.17) is 10.4 Å². The number of carboxylic acid groups (broad SMARTS) is 1. The highest BCUT2D eigenvalue weighted by molar-refractivity contribution is 5.92. The van der Waals surface area contributed by atoms with E-state index < -0.39 is 5.97 Å². The first-order valence-electron chi connectivity index (χ1n) is 4.81. The van der Waals surface area contributed by atoms with Gasteiger partial charge >= 0.3 is 5.97 Å². The predicted octanol–water partition coefficient (Wildman–Crippen LogP) is 1.04. The molecule has 1 N–H and O–H groups in total. The fourth-order valence-electron chi connectivity index (χ4n) is 2.39. The van der Waals surface area contributed by atoms with Crippen LogP contribution in [-0.2, 0) is 4.79 Å². The van der Waals surface area contributed by atoms with Crippen molar-refractivity contribution in [3.63, 3.8) is 0 Å². The molecule has 0 radical (unpaired) electrons. The van der Waals surface area contributed by atoms with Gasteiger partial charge in [0.1, 0.15) is 11.6 Å². The summed E-state index contributed by atoms with van der Waals surface area (Å²) in [5.41, 5.74) is 0.817. The van der Waals surface area contributed by atoms with E-state index in [1.54, 1.807) is 0 Å². The highest BCUT2D eigenvalue weighted by atomic mass is 35.5. The van der Waals surface area contributed by atoms with Gasteiger partial charge in [0.25, 0.3) is 0 Å². The molecule has 2 heterocycles. The summed E-state index contributed by atoms with van der Waals surface area (Å²) in [7, 11) is 0. The summed E-state index contributed by atoms with van der Waals surface area (Å²) in [4.78, 5) is 13.0. The molecular weight excluding hydrogens is 216 g/mol. The molecule has 82 valence electrons. The van der Waals surface area contributed by atoms with Gasteiger partial charge in [-0.3, -0.25) is 4.90 Å². The number of halogens is 1. The lowest BCUT2D eigenvalue weighted by atomic mass is 9.93. The summed E-state index contributed by atoms with van der Waals surface area (Å²) in [6, 6.07) is 1.81. The zero-order chi connectivity index (χ0) is 10.1. The van der Waals surface area contributed by atoms with Gasteiger partial charge in [-0.25, -0.2) is 4.79 Å². The normalized spacial score (nSPS) is 31.4. The average molecular weight is 229 g/mol. The molecule has 2 aliphatic heterocycles. The molecule has 2 bridgehead atoms. The van der Waals surface area contributed by atoms with E-state index in [9.17, 15) is 4.79 Å². The van der Waals surface area contributed by atoms with E-state index in [2.05, 4.69) is 4.90 Å². The van der Waals surface area contributed by atoms with Gasteiger partial charge in [0.05, 0.1) is 0 Å². The number of carboxylic acids is 1. The zero-order valence-electron chi connectivity index (χ0n) is 8.27. The number of hydrogen-bond donors (Lipinski definition) is 1. The van der Waals surface area contributed by atoms with Crippen LogP contribution in [0.15, 0.2) is 11.1 Å². The van der Waals surface area contributed by atoms with Crippen LogP contribution >= 0.6 is 12.4 Å². The Morgan fingerprint density at radius 1 is 1.60 bits per heavy atom. The van der Waals surface area contributed by atoms with Gasteiger partial charge in [-0.1, -0.05) is 0 Å². The summed E-state index contributed by atoms with van der Waals surface area (Å²) in [5, 5.41) is 17.6. The molecule has 2 saturated heterocycles.